The van der Waals surface area contributed by atoms with E-state index in [0.29, 0.717) is 18.8 Å². The highest BCUT2D eigenvalue weighted by atomic mass is 16.6. The molecule has 0 spiro atoms. The van der Waals surface area contributed by atoms with Gasteiger partial charge in [-0.25, -0.2) is 9.78 Å². The number of amides is 1. The van der Waals surface area contributed by atoms with Crippen molar-refractivity contribution in [2.75, 3.05) is 0 Å². The number of hydrogen-bond acceptors (Lipinski definition) is 6. The quantitative estimate of drug-likeness (QED) is 0.474. The third-order valence-corrected chi connectivity index (χ3v) is 4.95. The second-order valence-corrected chi connectivity index (χ2v) is 7.67. The molecule has 1 aliphatic carbocycles. The molecule has 1 heterocycles. The van der Waals surface area contributed by atoms with Gasteiger partial charge in [0.05, 0.1) is 24.5 Å². The monoisotopic (exact) mass is 380 g/mol. The summed E-state index contributed by atoms with van der Waals surface area (Å²) in [6.45, 7) is 3.44. The zero-order valence-corrected chi connectivity index (χ0v) is 16.2. The number of esters is 1. The highest BCUT2D eigenvalue weighted by molar-refractivity contribution is 5.83. The van der Waals surface area contributed by atoms with E-state index in [0.717, 1.165) is 31.4 Å². The molecule has 8 nitrogen and oxygen atoms in total. The Morgan fingerprint density at radius 2 is 2.07 bits per heavy atom. The molecule has 0 bridgehead atoms. The number of aliphatic hydroxyl groups excluding tert-OH is 1. The number of imidazole rings is 1. The number of aliphatic hydroxyl groups is 1. The van der Waals surface area contributed by atoms with Crippen LogP contribution in [0, 0.1) is 5.92 Å². The number of carbonyl (C=O) groups excluding carboxylic acids is 2. The van der Waals surface area contributed by atoms with Gasteiger partial charge in [-0.2, -0.15) is 0 Å². The van der Waals surface area contributed by atoms with Crippen LogP contribution in [0.25, 0.3) is 0 Å². The Kier molecular flexibility index (Phi) is 8.24. The SMILES string of the molecule is CC(C)OC(=O)C(O)[C@H](CC1CCCCC1)NC(=O)[C@@H](N)Cc1cnc[nH]1. The van der Waals surface area contributed by atoms with Gasteiger partial charge in [0, 0.05) is 18.3 Å². The maximum atomic E-state index is 12.5. The van der Waals surface area contributed by atoms with Crippen molar-refractivity contribution in [2.24, 2.45) is 11.7 Å². The molecule has 0 aliphatic heterocycles. The minimum absolute atomic E-state index is 0.300. The summed E-state index contributed by atoms with van der Waals surface area (Å²) in [6, 6.07) is -1.51. The molecule has 0 saturated heterocycles. The third-order valence-electron chi connectivity index (χ3n) is 4.95. The van der Waals surface area contributed by atoms with E-state index in [-0.39, 0.29) is 6.10 Å². The Labute approximate surface area is 160 Å². The summed E-state index contributed by atoms with van der Waals surface area (Å²) in [6.07, 6.45) is 7.80. The predicted molar refractivity (Wildman–Crippen MR) is 101 cm³/mol. The van der Waals surface area contributed by atoms with E-state index in [1.807, 2.05) is 0 Å². The van der Waals surface area contributed by atoms with Crippen LogP contribution in [0.3, 0.4) is 0 Å². The number of nitrogens with two attached hydrogens (primary N) is 1. The Morgan fingerprint density at radius 1 is 1.37 bits per heavy atom. The van der Waals surface area contributed by atoms with Gasteiger partial charge >= 0.3 is 5.97 Å². The van der Waals surface area contributed by atoms with E-state index >= 15 is 0 Å². The number of aromatic amines is 1. The maximum Gasteiger partial charge on any atom is 0.337 e. The van der Waals surface area contributed by atoms with E-state index in [2.05, 4.69) is 15.3 Å². The Hall–Kier alpha value is -1.93. The summed E-state index contributed by atoms with van der Waals surface area (Å²) in [5, 5.41) is 13.3. The molecule has 5 N–H and O–H groups in total. The standard InChI is InChI=1S/C19H32N4O4/c1-12(2)27-19(26)17(24)16(8-13-6-4-3-5-7-13)23-18(25)15(20)9-14-10-21-11-22-14/h10-13,15-17,24H,3-9,20H2,1-2H3,(H,21,22)(H,23,25)/t15-,16-,17?/m0/s1. The van der Waals surface area contributed by atoms with Gasteiger partial charge in [0.15, 0.2) is 6.10 Å². The van der Waals surface area contributed by atoms with Crippen molar-refractivity contribution in [3.05, 3.63) is 18.2 Å². The largest absolute Gasteiger partial charge is 0.461 e. The first-order valence-electron chi connectivity index (χ1n) is 9.78. The van der Waals surface area contributed by atoms with E-state index in [1.165, 1.54) is 12.7 Å². The summed E-state index contributed by atoms with van der Waals surface area (Å²) in [7, 11) is 0. The molecule has 1 aromatic heterocycles. The van der Waals surface area contributed by atoms with E-state index in [9.17, 15) is 14.7 Å². The summed E-state index contributed by atoms with van der Waals surface area (Å²) >= 11 is 0. The fourth-order valence-corrected chi connectivity index (χ4v) is 3.53. The molecular weight excluding hydrogens is 348 g/mol. The minimum Gasteiger partial charge on any atom is -0.461 e. The molecule has 1 fully saturated rings. The average molecular weight is 380 g/mol. The molecule has 27 heavy (non-hydrogen) atoms. The van der Waals surface area contributed by atoms with Crippen LogP contribution in [0.1, 0.15) is 58.1 Å². The molecule has 1 aliphatic rings. The molecule has 1 amide bonds. The number of ether oxygens (including phenoxy) is 1. The number of H-pyrrole nitrogens is 1. The Bertz CT molecular complexity index is 585. The average Bonchev–Trinajstić information content (AvgIpc) is 3.13. The van der Waals surface area contributed by atoms with Crippen LogP contribution < -0.4 is 11.1 Å². The van der Waals surface area contributed by atoms with Gasteiger partial charge in [0.25, 0.3) is 0 Å². The molecule has 0 aromatic carbocycles. The number of nitrogens with zero attached hydrogens (tertiary/aromatic N) is 1. The molecule has 152 valence electrons. The van der Waals surface area contributed by atoms with Gasteiger partial charge < -0.3 is 25.9 Å². The molecular formula is C19H32N4O4. The second kappa shape index (κ2) is 10.4. The van der Waals surface area contributed by atoms with Gasteiger partial charge in [0.1, 0.15) is 0 Å². The van der Waals surface area contributed by atoms with Crippen LogP contribution in [0.15, 0.2) is 12.5 Å². The highest BCUT2D eigenvalue weighted by Crippen LogP contribution is 2.28. The third kappa shape index (κ3) is 6.95. The van der Waals surface area contributed by atoms with Crippen LogP contribution in [0.4, 0.5) is 0 Å². The van der Waals surface area contributed by atoms with Crippen molar-refractivity contribution < 1.29 is 19.4 Å². The fourth-order valence-electron chi connectivity index (χ4n) is 3.53. The van der Waals surface area contributed by atoms with Crippen LogP contribution >= 0.6 is 0 Å². The van der Waals surface area contributed by atoms with E-state index in [1.54, 1.807) is 20.0 Å². The molecule has 3 atom stereocenters. The van der Waals surface area contributed by atoms with E-state index in [4.69, 9.17) is 10.5 Å². The van der Waals surface area contributed by atoms with Crippen LogP contribution in [0.2, 0.25) is 0 Å². The summed E-state index contributed by atoms with van der Waals surface area (Å²) < 4.78 is 5.12. The van der Waals surface area contributed by atoms with Crippen molar-refractivity contribution in [3.8, 4) is 0 Å². The van der Waals surface area contributed by atoms with Gasteiger partial charge in [-0.15, -0.1) is 0 Å². The first-order valence-corrected chi connectivity index (χ1v) is 9.78. The zero-order chi connectivity index (χ0) is 19.8. The van der Waals surface area contributed by atoms with Crippen molar-refractivity contribution in [1.29, 1.82) is 0 Å². The summed E-state index contributed by atoms with van der Waals surface area (Å²) in [4.78, 5) is 31.5. The summed E-state index contributed by atoms with van der Waals surface area (Å²) in [5.41, 5.74) is 6.74. The van der Waals surface area contributed by atoms with Crippen molar-refractivity contribution >= 4 is 11.9 Å². The smallest absolute Gasteiger partial charge is 0.337 e. The van der Waals surface area contributed by atoms with Crippen molar-refractivity contribution in [2.45, 2.75) is 83.1 Å². The molecule has 1 aromatic rings. The lowest BCUT2D eigenvalue weighted by molar-refractivity contribution is -0.159. The highest BCUT2D eigenvalue weighted by Gasteiger charge is 2.33. The lowest BCUT2D eigenvalue weighted by Crippen LogP contribution is -2.53. The van der Waals surface area contributed by atoms with Gasteiger partial charge in [-0.1, -0.05) is 32.1 Å². The molecule has 8 heteroatoms. The number of aromatic nitrogens is 2. The number of rotatable bonds is 9. The molecule has 1 unspecified atom stereocenters. The normalized spacial score (nSPS) is 18.7. The van der Waals surface area contributed by atoms with Gasteiger partial charge in [0.2, 0.25) is 5.91 Å². The lowest BCUT2D eigenvalue weighted by atomic mass is 9.83. The fraction of sp³-hybridized carbons (Fsp3) is 0.737. The second-order valence-electron chi connectivity index (χ2n) is 7.67. The van der Waals surface area contributed by atoms with Crippen molar-refractivity contribution in [1.82, 2.24) is 15.3 Å². The van der Waals surface area contributed by atoms with Crippen LogP contribution in [-0.4, -0.2) is 51.2 Å². The topological polar surface area (TPSA) is 130 Å². The van der Waals surface area contributed by atoms with Crippen LogP contribution in [-0.2, 0) is 20.7 Å². The first-order chi connectivity index (χ1) is 12.9. The molecule has 1 saturated carbocycles. The summed E-state index contributed by atoms with van der Waals surface area (Å²) in [5.74, 6) is -0.746. The Morgan fingerprint density at radius 3 is 2.67 bits per heavy atom. The predicted octanol–water partition coefficient (Wildman–Crippen LogP) is 1.05. The minimum atomic E-state index is -1.40. The van der Waals surface area contributed by atoms with Crippen molar-refractivity contribution in [3.63, 3.8) is 0 Å². The van der Waals surface area contributed by atoms with E-state index < -0.39 is 30.1 Å². The number of hydrogen-bond donors (Lipinski definition) is 4. The number of carbonyl (C=O) groups is 2. The van der Waals surface area contributed by atoms with Crippen LogP contribution in [0.5, 0.6) is 0 Å². The molecule has 2 rings (SSSR count). The van der Waals surface area contributed by atoms with Gasteiger partial charge in [-0.3, -0.25) is 4.79 Å². The lowest BCUT2D eigenvalue weighted by Gasteiger charge is -2.30. The first kappa shape index (κ1) is 21.4. The van der Waals surface area contributed by atoms with Gasteiger partial charge in [-0.05, 0) is 26.2 Å². The number of nitrogens with one attached hydrogen (secondary N) is 2. The Balaban J connectivity index is 2.00. The molecule has 0 radical (unpaired) electrons. The zero-order valence-electron chi connectivity index (χ0n) is 16.2. The maximum absolute atomic E-state index is 12.5.